The van der Waals surface area contributed by atoms with Crippen LogP contribution in [0.4, 0.5) is 0 Å². The Kier molecular flexibility index (Phi) is 4.61. The van der Waals surface area contributed by atoms with E-state index in [0.717, 1.165) is 5.33 Å². The predicted molar refractivity (Wildman–Crippen MR) is 72.6 cm³/mol. The lowest BCUT2D eigenvalue weighted by atomic mass is 9.98. The Morgan fingerprint density at radius 3 is 2.53 bits per heavy atom. The first kappa shape index (κ1) is 14.5. The molecule has 1 aromatic rings. The number of hydrogen-bond donors (Lipinski definition) is 0. The van der Waals surface area contributed by atoms with Gasteiger partial charge in [-0.05, 0) is 18.2 Å². The molecule has 1 rings (SSSR count). The molecule has 0 N–H and O–H groups in total. The van der Waals surface area contributed by atoms with E-state index >= 15 is 0 Å². The zero-order valence-electron chi connectivity index (χ0n) is 10.2. The quantitative estimate of drug-likeness (QED) is 0.783. The summed E-state index contributed by atoms with van der Waals surface area (Å²) in [6.45, 7) is 4.68. The maximum atomic E-state index is 11.4. The van der Waals surface area contributed by atoms with Gasteiger partial charge < -0.3 is 4.74 Å². The fourth-order valence-corrected chi connectivity index (χ4v) is 1.93. The van der Waals surface area contributed by atoms with Gasteiger partial charge in [0.05, 0.1) is 11.5 Å². The molecule has 0 saturated heterocycles. The summed E-state index contributed by atoms with van der Waals surface area (Å²) in [6, 6.07) is 6.57. The van der Waals surface area contributed by atoms with Crippen LogP contribution in [0.5, 0.6) is 5.75 Å². The minimum Gasteiger partial charge on any atom is -0.493 e. The second kappa shape index (κ2) is 5.40. The molecule has 0 heterocycles. The molecular weight excluding hydrogens is 304 g/mol. The van der Waals surface area contributed by atoms with Crippen molar-refractivity contribution in [2.24, 2.45) is 5.41 Å². The number of halogens is 1. The Bertz CT molecular complexity index is 480. The van der Waals surface area contributed by atoms with Gasteiger partial charge >= 0.3 is 0 Å². The average molecular weight is 321 g/mol. The van der Waals surface area contributed by atoms with Gasteiger partial charge in [0, 0.05) is 17.0 Å². The zero-order valence-corrected chi connectivity index (χ0v) is 12.6. The molecule has 0 aliphatic rings. The van der Waals surface area contributed by atoms with Gasteiger partial charge in [-0.25, -0.2) is 8.42 Å². The van der Waals surface area contributed by atoms with Crippen molar-refractivity contribution in [3.63, 3.8) is 0 Å². The summed E-state index contributed by atoms with van der Waals surface area (Å²) in [5, 5.41) is 0.825. The van der Waals surface area contributed by atoms with Crippen molar-refractivity contribution in [1.29, 1.82) is 0 Å². The molecule has 96 valence electrons. The average Bonchev–Trinajstić information content (AvgIpc) is 2.26. The van der Waals surface area contributed by atoms with Crippen LogP contribution in [0.3, 0.4) is 0 Å². The monoisotopic (exact) mass is 320 g/mol. The highest BCUT2D eigenvalue weighted by Crippen LogP contribution is 2.22. The van der Waals surface area contributed by atoms with Crippen LogP contribution in [0, 0.1) is 5.41 Å². The first-order valence-electron chi connectivity index (χ1n) is 5.23. The van der Waals surface area contributed by atoms with Crippen LogP contribution < -0.4 is 4.74 Å². The van der Waals surface area contributed by atoms with Crippen LogP contribution in [-0.4, -0.2) is 26.6 Å². The van der Waals surface area contributed by atoms with Crippen molar-refractivity contribution < 1.29 is 13.2 Å². The molecule has 0 aromatic heterocycles. The molecule has 1 aromatic carbocycles. The van der Waals surface area contributed by atoms with Crippen molar-refractivity contribution in [3.05, 3.63) is 24.3 Å². The molecule has 0 aliphatic carbocycles. The van der Waals surface area contributed by atoms with Gasteiger partial charge in [-0.15, -0.1) is 0 Å². The lowest BCUT2D eigenvalue weighted by Crippen LogP contribution is -2.22. The normalized spacial score (nSPS) is 12.5. The van der Waals surface area contributed by atoms with E-state index in [4.69, 9.17) is 4.74 Å². The third-order valence-electron chi connectivity index (χ3n) is 2.22. The van der Waals surface area contributed by atoms with Crippen molar-refractivity contribution >= 4 is 25.8 Å². The lowest BCUT2D eigenvalue weighted by molar-refractivity contribution is 0.202. The van der Waals surface area contributed by atoms with Gasteiger partial charge in [-0.1, -0.05) is 35.8 Å². The van der Waals surface area contributed by atoms with E-state index in [0.29, 0.717) is 12.4 Å². The third kappa shape index (κ3) is 4.68. The predicted octanol–water partition coefficient (Wildman–Crippen LogP) is 2.89. The summed E-state index contributed by atoms with van der Waals surface area (Å²) in [6.07, 6.45) is 1.19. The van der Waals surface area contributed by atoms with Crippen LogP contribution in [0.25, 0.3) is 0 Å². The summed E-state index contributed by atoms with van der Waals surface area (Å²) in [5.74, 6) is 0.585. The molecule has 0 radical (unpaired) electrons. The Balaban J connectivity index is 2.81. The van der Waals surface area contributed by atoms with Crippen LogP contribution in [-0.2, 0) is 9.84 Å². The summed E-state index contributed by atoms with van der Waals surface area (Å²) in [7, 11) is -3.17. The van der Waals surface area contributed by atoms with Crippen molar-refractivity contribution in [2.75, 3.05) is 18.2 Å². The molecule has 0 aliphatic heterocycles. The molecule has 0 spiro atoms. The van der Waals surface area contributed by atoms with Crippen LogP contribution in [0.15, 0.2) is 29.2 Å². The van der Waals surface area contributed by atoms with E-state index in [2.05, 4.69) is 29.8 Å². The van der Waals surface area contributed by atoms with Gasteiger partial charge in [0.15, 0.2) is 9.84 Å². The SMILES string of the molecule is CC(C)(CBr)COc1cccc(S(C)(=O)=O)c1. The number of ether oxygens (including phenoxy) is 1. The second-order valence-corrected chi connectivity index (χ2v) is 7.41. The number of sulfone groups is 1. The smallest absolute Gasteiger partial charge is 0.175 e. The van der Waals surface area contributed by atoms with E-state index in [9.17, 15) is 8.42 Å². The van der Waals surface area contributed by atoms with E-state index in [1.165, 1.54) is 6.26 Å². The minimum absolute atomic E-state index is 0.0150. The molecule has 0 saturated carbocycles. The lowest BCUT2D eigenvalue weighted by Gasteiger charge is -2.21. The Labute approximate surface area is 111 Å². The molecule has 3 nitrogen and oxygen atoms in total. The molecule has 17 heavy (non-hydrogen) atoms. The first-order valence-corrected chi connectivity index (χ1v) is 8.25. The highest BCUT2D eigenvalue weighted by molar-refractivity contribution is 9.09. The standard InChI is InChI=1S/C12H17BrO3S/c1-12(2,8-13)9-16-10-5-4-6-11(7-10)17(3,14)15/h4-7H,8-9H2,1-3H3. The fraction of sp³-hybridized carbons (Fsp3) is 0.500. The molecule has 0 unspecified atom stereocenters. The topological polar surface area (TPSA) is 43.4 Å². The molecule has 0 amide bonds. The number of rotatable bonds is 5. The maximum Gasteiger partial charge on any atom is 0.175 e. The molecule has 0 bridgehead atoms. The number of hydrogen-bond acceptors (Lipinski definition) is 3. The van der Waals surface area contributed by atoms with Gasteiger partial charge in [0.1, 0.15) is 5.75 Å². The largest absolute Gasteiger partial charge is 0.493 e. The van der Waals surface area contributed by atoms with E-state index in [1.54, 1.807) is 24.3 Å². The molecule has 5 heteroatoms. The first-order chi connectivity index (χ1) is 7.74. The Hall–Kier alpha value is -0.550. The highest BCUT2D eigenvalue weighted by atomic mass is 79.9. The second-order valence-electron chi connectivity index (χ2n) is 4.83. The van der Waals surface area contributed by atoms with Crippen LogP contribution in [0.2, 0.25) is 0 Å². The fourth-order valence-electron chi connectivity index (χ4n) is 1.11. The van der Waals surface area contributed by atoms with Crippen LogP contribution in [0.1, 0.15) is 13.8 Å². The van der Waals surface area contributed by atoms with Gasteiger partial charge in [0.2, 0.25) is 0 Å². The maximum absolute atomic E-state index is 11.4. The minimum atomic E-state index is -3.17. The number of alkyl halides is 1. The van der Waals surface area contributed by atoms with E-state index < -0.39 is 9.84 Å². The highest BCUT2D eigenvalue weighted by Gasteiger charge is 2.17. The molecular formula is C12H17BrO3S. The zero-order chi connectivity index (χ0) is 13.1. The van der Waals surface area contributed by atoms with Crippen molar-refractivity contribution in [3.8, 4) is 5.75 Å². The third-order valence-corrected chi connectivity index (χ3v) is 4.85. The molecule has 0 fully saturated rings. The summed E-state index contributed by atoms with van der Waals surface area (Å²) in [5.41, 5.74) is 0.0150. The van der Waals surface area contributed by atoms with Crippen molar-refractivity contribution in [1.82, 2.24) is 0 Å². The molecule has 0 atom stereocenters. The summed E-state index contributed by atoms with van der Waals surface area (Å²) < 4.78 is 28.4. The van der Waals surface area contributed by atoms with Gasteiger partial charge in [0.25, 0.3) is 0 Å². The Morgan fingerprint density at radius 1 is 1.35 bits per heavy atom. The van der Waals surface area contributed by atoms with Gasteiger partial charge in [-0.3, -0.25) is 0 Å². The van der Waals surface area contributed by atoms with E-state index in [1.807, 2.05) is 0 Å². The number of benzene rings is 1. The van der Waals surface area contributed by atoms with Crippen molar-refractivity contribution in [2.45, 2.75) is 18.7 Å². The summed E-state index contributed by atoms with van der Waals surface area (Å²) >= 11 is 3.41. The van der Waals surface area contributed by atoms with E-state index in [-0.39, 0.29) is 10.3 Å². The van der Waals surface area contributed by atoms with Crippen LogP contribution >= 0.6 is 15.9 Å². The Morgan fingerprint density at radius 2 is 2.00 bits per heavy atom. The summed E-state index contributed by atoms with van der Waals surface area (Å²) in [4.78, 5) is 0.284. The van der Waals surface area contributed by atoms with Gasteiger partial charge in [-0.2, -0.15) is 0 Å².